The first kappa shape index (κ1) is 12.7. The number of hydrogen-bond donors (Lipinski definition) is 0. The third kappa shape index (κ3) is 2.52. The molecular formula is C17H17NO2. The first-order chi connectivity index (χ1) is 9.74. The Kier molecular flexibility index (Phi) is 3.42. The van der Waals surface area contributed by atoms with Crippen molar-refractivity contribution in [1.82, 2.24) is 0 Å². The normalized spacial score (nSPS) is 12.7. The summed E-state index contributed by atoms with van der Waals surface area (Å²) in [7, 11) is 1.93. The van der Waals surface area contributed by atoms with Gasteiger partial charge in [-0.25, -0.2) is 0 Å². The zero-order valence-corrected chi connectivity index (χ0v) is 11.5. The number of nitrogens with zero attached hydrogens (tertiary/aromatic N) is 1. The van der Waals surface area contributed by atoms with Gasteiger partial charge in [-0.2, -0.15) is 0 Å². The summed E-state index contributed by atoms with van der Waals surface area (Å²) in [6.45, 7) is 1.10. The summed E-state index contributed by atoms with van der Waals surface area (Å²) in [6, 6.07) is 15.6. The molecule has 0 N–H and O–H groups in total. The minimum atomic E-state index is 0.131. The number of carbonyl (C=O) groups excluding carboxylic acids is 1. The topological polar surface area (TPSA) is 29.5 Å². The number of anilines is 1. The average molecular weight is 267 g/mol. The second kappa shape index (κ2) is 5.37. The van der Waals surface area contributed by atoms with Crippen molar-refractivity contribution in [1.29, 1.82) is 0 Å². The Bertz CT molecular complexity index is 622. The average Bonchev–Trinajstić information content (AvgIpc) is 2.95. The van der Waals surface area contributed by atoms with Gasteiger partial charge >= 0.3 is 0 Å². The molecule has 20 heavy (non-hydrogen) atoms. The SMILES string of the molecule is CN(CC(=O)c1ccc2c(c1)CCO2)c1ccccc1. The van der Waals surface area contributed by atoms with Crippen molar-refractivity contribution in [3.8, 4) is 5.75 Å². The van der Waals surface area contributed by atoms with E-state index in [0.29, 0.717) is 6.54 Å². The largest absolute Gasteiger partial charge is 0.493 e. The molecule has 0 aliphatic carbocycles. The van der Waals surface area contributed by atoms with Crippen molar-refractivity contribution in [3.05, 3.63) is 59.7 Å². The van der Waals surface area contributed by atoms with Gasteiger partial charge in [0.25, 0.3) is 0 Å². The minimum absolute atomic E-state index is 0.131. The number of benzene rings is 2. The van der Waals surface area contributed by atoms with E-state index in [1.165, 1.54) is 0 Å². The van der Waals surface area contributed by atoms with Crippen LogP contribution in [-0.4, -0.2) is 26.0 Å². The summed E-state index contributed by atoms with van der Waals surface area (Å²) >= 11 is 0. The highest BCUT2D eigenvalue weighted by molar-refractivity contribution is 5.99. The van der Waals surface area contributed by atoms with Crippen molar-refractivity contribution >= 4 is 11.5 Å². The molecule has 2 aromatic rings. The molecule has 1 aliphatic heterocycles. The van der Waals surface area contributed by atoms with Crippen LogP contribution in [0.25, 0.3) is 0 Å². The number of likely N-dealkylation sites (N-methyl/N-ethyl adjacent to an activating group) is 1. The van der Waals surface area contributed by atoms with Crippen LogP contribution in [0.4, 0.5) is 5.69 Å². The maximum atomic E-state index is 12.3. The van der Waals surface area contributed by atoms with Crippen LogP contribution in [-0.2, 0) is 6.42 Å². The highest BCUT2D eigenvalue weighted by atomic mass is 16.5. The summed E-state index contributed by atoms with van der Waals surface area (Å²) in [5.74, 6) is 1.05. The molecule has 0 saturated carbocycles. The van der Waals surface area contributed by atoms with E-state index in [1.54, 1.807) is 0 Å². The number of Topliss-reactive ketones (excluding diaryl/α,β-unsaturated/α-hetero) is 1. The van der Waals surface area contributed by atoms with E-state index in [4.69, 9.17) is 4.74 Å². The molecule has 102 valence electrons. The van der Waals surface area contributed by atoms with Crippen LogP contribution in [0, 0.1) is 0 Å². The lowest BCUT2D eigenvalue weighted by Crippen LogP contribution is -2.25. The Morgan fingerprint density at radius 3 is 2.80 bits per heavy atom. The summed E-state index contributed by atoms with van der Waals surface area (Å²) in [4.78, 5) is 14.3. The monoisotopic (exact) mass is 267 g/mol. The van der Waals surface area contributed by atoms with Gasteiger partial charge in [0.05, 0.1) is 13.2 Å². The fourth-order valence-corrected chi connectivity index (χ4v) is 2.44. The predicted octanol–water partition coefficient (Wildman–Crippen LogP) is 2.94. The summed E-state index contributed by atoms with van der Waals surface area (Å²) in [5, 5.41) is 0. The minimum Gasteiger partial charge on any atom is -0.493 e. The van der Waals surface area contributed by atoms with E-state index in [9.17, 15) is 4.79 Å². The summed E-state index contributed by atoms with van der Waals surface area (Å²) < 4.78 is 5.46. The molecule has 0 fully saturated rings. The molecule has 0 atom stereocenters. The van der Waals surface area contributed by atoms with Gasteiger partial charge in [0.1, 0.15) is 5.75 Å². The molecular weight excluding hydrogens is 250 g/mol. The molecule has 0 amide bonds. The lowest BCUT2D eigenvalue weighted by molar-refractivity contribution is 0.100. The van der Waals surface area contributed by atoms with Crippen LogP contribution in [0.2, 0.25) is 0 Å². The van der Waals surface area contributed by atoms with E-state index in [-0.39, 0.29) is 5.78 Å². The smallest absolute Gasteiger partial charge is 0.182 e. The molecule has 2 aromatic carbocycles. The zero-order valence-electron chi connectivity index (χ0n) is 11.5. The van der Waals surface area contributed by atoms with Crippen LogP contribution in [0.1, 0.15) is 15.9 Å². The van der Waals surface area contributed by atoms with Crippen molar-refractivity contribution in [3.63, 3.8) is 0 Å². The molecule has 1 heterocycles. The number of carbonyl (C=O) groups is 1. The Labute approximate surface area is 118 Å². The van der Waals surface area contributed by atoms with Crippen LogP contribution in [0.15, 0.2) is 48.5 Å². The molecule has 0 aromatic heterocycles. The Balaban J connectivity index is 1.73. The van der Waals surface area contributed by atoms with Crippen LogP contribution < -0.4 is 9.64 Å². The number of hydrogen-bond acceptors (Lipinski definition) is 3. The van der Waals surface area contributed by atoms with Crippen molar-refractivity contribution in [2.45, 2.75) is 6.42 Å². The maximum absolute atomic E-state index is 12.3. The molecule has 1 aliphatic rings. The molecule has 0 radical (unpaired) electrons. The molecule has 3 heteroatoms. The Hall–Kier alpha value is -2.29. The van der Waals surface area contributed by atoms with E-state index in [2.05, 4.69) is 0 Å². The lowest BCUT2D eigenvalue weighted by Gasteiger charge is -2.18. The molecule has 3 rings (SSSR count). The maximum Gasteiger partial charge on any atom is 0.182 e. The number of fused-ring (bicyclic) bond motifs is 1. The third-order valence-corrected chi connectivity index (χ3v) is 3.59. The number of rotatable bonds is 4. The van der Waals surface area contributed by atoms with E-state index in [0.717, 1.165) is 35.6 Å². The molecule has 0 spiro atoms. The number of para-hydroxylation sites is 1. The van der Waals surface area contributed by atoms with Crippen molar-refractivity contribution in [2.24, 2.45) is 0 Å². The van der Waals surface area contributed by atoms with E-state index < -0.39 is 0 Å². The third-order valence-electron chi connectivity index (χ3n) is 3.59. The molecule has 3 nitrogen and oxygen atoms in total. The van der Waals surface area contributed by atoms with Gasteiger partial charge < -0.3 is 9.64 Å². The highest BCUT2D eigenvalue weighted by Crippen LogP contribution is 2.26. The van der Waals surface area contributed by atoms with Crippen molar-refractivity contribution < 1.29 is 9.53 Å². The van der Waals surface area contributed by atoms with Crippen molar-refractivity contribution in [2.75, 3.05) is 25.1 Å². The second-order valence-electron chi connectivity index (χ2n) is 5.04. The first-order valence-electron chi connectivity index (χ1n) is 6.79. The van der Waals surface area contributed by atoms with Gasteiger partial charge in [-0.15, -0.1) is 0 Å². The van der Waals surface area contributed by atoms with E-state index in [1.807, 2.05) is 60.5 Å². The van der Waals surface area contributed by atoms with Gasteiger partial charge in [-0.1, -0.05) is 18.2 Å². The number of ketones is 1. The standard InChI is InChI=1S/C17H17NO2/c1-18(15-5-3-2-4-6-15)12-16(19)13-7-8-17-14(11-13)9-10-20-17/h2-8,11H,9-10,12H2,1H3. The van der Waals surface area contributed by atoms with Crippen LogP contribution in [0.3, 0.4) is 0 Å². The van der Waals surface area contributed by atoms with E-state index >= 15 is 0 Å². The molecule has 0 unspecified atom stereocenters. The van der Waals surface area contributed by atoms with Gasteiger partial charge in [-0.05, 0) is 35.9 Å². The van der Waals surface area contributed by atoms with Gasteiger partial charge in [0, 0.05) is 24.7 Å². The first-order valence-corrected chi connectivity index (χ1v) is 6.79. The highest BCUT2D eigenvalue weighted by Gasteiger charge is 2.16. The van der Waals surface area contributed by atoms with Gasteiger partial charge in [-0.3, -0.25) is 4.79 Å². The summed E-state index contributed by atoms with van der Waals surface area (Å²) in [6.07, 6.45) is 0.894. The van der Waals surface area contributed by atoms with Crippen LogP contribution in [0.5, 0.6) is 5.75 Å². The second-order valence-corrected chi connectivity index (χ2v) is 5.04. The van der Waals surface area contributed by atoms with Gasteiger partial charge in [0.15, 0.2) is 5.78 Å². The fraction of sp³-hybridized carbons (Fsp3) is 0.235. The number of ether oxygens (including phenoxy) is 1. The quantitative estimate of drug-likeness (QED) is 0.798. The Morgan fingerprint density at radius 2 is 2.00 bits per heavy atom. The molecule has 0 saturated heterocycles. The predicted molar refractivity (Wildman–Crippen MR) is 79.7 cm³/mol. The lowest BCUT2D eigenvalue weighted by atomic mass is 10.1. The van der Waals surface area contributed by atoms with Crippen LogP contribution >= 0.6 is 0 Å². The van der Waals surface area contributed by atoms with Gasteiger partial charge in [0.2, 0.25) is 0 Å². The molecule has 0 bridgehead atoms. The Morgan fingerprint density at radius 1 is 1.20 bits per heavy atom. The summed E-state index contributed by atoms with van der Waals surface area (Å²) in [5.41, 5.74) is 2.94. The zero-order chi connectivity index (χ0) is 13.9. The fourth-order valence-electron chi connectivity index (χ4n) is 2.44.